The van der Waals surface area contributed by atoms with Crippen LogP contribution in [0.5, 0.6) is 5.75 Å². The minimum atomic E-state index is -0.264. The largest absolute Gasteiger partial charge is 0.488 e. The minimum absolute atomic E-state index is 0.264. The molecule has 3 nitrogen and oxygen atoms in total. The van der Waals surface area contributed by atoms with Crippen molar-refractivity contribution in [1.29, 1.82) is 0 Å². The van der Waals surface area contributed by atoms with Crippen molar-refractivity contribution >= 4 is 33.5 Å². The molecule has 4 aromatic rings. The topological polar surface area (TPSA) is 33.6 Å². The summed E-state index contributed by atoms with van der Waals surface area (Å²) in [5, 5.41) is 3.81. The second-order valence-electron chi connectivity index (χ2n) is 10.0. The van der Waals surface area contributed by atoms with E-state index in [1.54, 1.807) is 6.07 Å². The second-order valence-corrected chi connectivity index (χ2v) is 10.9. The fourth-order valence-corrected chi connectivity index (χ4v) is 5.97. The lowest BCUT2D eigenvalue weighted by Crippen LogP contribution is -2.29. The van der Waals surface area contributed by atoms with Gasteiger partial charge in [0.05, 0.1) is 16.2 Å². The van der Waals surface area contributed by atoms with Crippen LogP contribution < -0.4 is 10.1 Å². The number of aliphatic imine (C=N–C) groups is 1. The third kappa shape index (κ3) is 5.16. The van der Waals surface area contributed by atoms with E-state index >= 15 is 0 Å². The molecule has 0 aromatic heterocycles. The Morgan fingerprint density at radius 2 is 1.89 bits per heavy atom. The summed E-state index contributed by atoms with van der Waals surface area (Å²) in [5.41, 5.74) is 7.90. The van der Waals surface area contributed by atoms with Crippen LogP contribution in [-0.2, 0) is 6.61 Å². The van der Waals surface area contributed by atoms with Gasteiger partial charge in [0.15, 0.2) is 0 Å². The molecule has 0 amide bonds. The maximum absolute atomic E-state index is 13.4. The first kappa shape index (κ1) is 24.6. The first-order chi connectivity index (χ1) is 18.5. The van der Waals surface area contributed by atoms with Crippen LogP contribution in [0.4, 0.5) is 15.8 Å². The normalized spacial score (nSPS) is 19.7. The fourth-order valence-electron chi connectivity index (χ4n) is 5.46. The number of aryl methyl sites for hydroxylation is 1. The monoisotopic (exact) mass is 566 g/mol. The van der Waals surface area contributed by atoms with Crippen LogP contribution >= 0.6 is 15.9 Å². The summed E-state index contributed by atoms with van der Waals surface area (Å²) in [5.74, 6) is 1.43. The first-order valence-corrected chi connectivity index (χ1v) is 13.7. The molecule has 0 spiro atoms. The lowest BCUT2D eigenvalue weighted by atomic mass is 9.76. The Kier molecular flexibility index (Phi) is 6.86. The molecule has 6 rings (SSSR count). The molecule has 190 valence electrons. The van der Waals surface area contributed by atoms with E-state index < -0.39 is 0 Å². The van der Waals surface area contributed by atoms with Gasteiger partial charge in [-0.3, -0.25) is 4.99 Å². The van der Waals surface area contributed by atoms with Gasteiger partial charge in [0, 0.05) is 17.8 Å². The molecule has 5 heteroatoms. The maximum atomic E-state index is 13.4. The number of anilines is 1. The van der Waals surface area contributed by atoms with Gasteiger partial charge in [-0.2, -0.15) is 0 Å². The van der Waals surface area contributed by atoms with Gasteiger partial charge in [0.1, 0.15) is 18.2 Å². The van der Waals surface area contributed by atoms with Crippen molar-refractivity contribution in [2.45, 2.75) is 31.9 Å². The number of fused-ring (bicyclic) bond motifs is 3. The zero-order chi connectivity index (χ0) is 26.1. The van der Waals surface area contributed by atoms with E-state index in [9.17, 15) is 4.39 Å². The van der Waals surface area contributed by atoms with Crippen molar-refractivity contribution in [3.63, 3.8) is 0 Å². The molecule has 1 aliphatic heterocycles. The van der Waals surface area contributed by atoms with E-state index in [0.29, 0.717) is 24.2 Å². The minimum Gasteiger partial charge on any atom is -0.488 e. The van der Waals surface area contributed by atoms with Gasteiger partial charge in [-0.1, -0.05) is 54.1 Å². The molecular formula is C33H28BrFN2O. The molecule has 3 atom stereocenters. The van der Waals surface area contributed by atoms with E-state index in [4.69, 9.17) is 4.74 Å². The van der Waals surface area contributed by atoms with Crippen LogP contribution in [0.2, 0.25) is 0 Å². The third-order valence-electron chi connectivity index (χ3n) is 7.37. The van der Waals surface area contributed by atoms with Gasteiger partial charge < -0.3 is 10.1 Å². The lowest BCUT2D eigenvalue weighted by Gasteiger charge is -2.37. The Labute approximate surface area is 231 Å². The number of allylic oxidation sites excluding steroid dienone is 2. The van der Waals surface area contributed by atoms with E-state index in [1.165, 1.54) is 34.5 Å². The maximum Gasteiger partial charge on any atom is 0.134 e. The number of hydrogen-bond donors (Lipinski definition) is 1. The molecular weight excluding hydrogens is 539 g/mol. The van der Waals surface area contributed by atoms with Gasteiger partial charge in [0.2, 0.25) is 0 Å². The van der Waals surface area contributed by atoms with Crippen LogP contribution in [0.15, 0.2) is 107 Å². The summed E-state index contributed by atoms with van der Waals surface area (Å²) in [6.07, 6.45) is 7.65. The smallest absolute Gasteiger partial charge is 0.134 e. The average Bonchev–Trinajstić information content (AvgIpc) is 3.42. The van der Waals surface area contributed by atoms with Gasteiger partial charge >= 0.3 is 0 Å². The Balaban J connectivity index is 1.13. The highest BCUT2D eigenvalue weighted by Gasteiger charge is 2.37. The summed E-state index contributed by atoms with van der Waals surface area (Å²) in [6, 6.07) is 27.8. The van der Waals surface area contributed by atoms with E-state index in [1.807, 2.05) is 30.5 Å². The van der Waals surface area contributed by atoms with Gasteiger partial charge in [-0.05, 0) is 106 Å². The number of nitrogens with one attached hydrogen (secondary N) is 1. The Morgan fingerprint density at radius 3 is 2.71 bits per heavy atom. The van der Waals surface area contributed by atoms with Gasteiger partial charge in [0.25, 0.3) is 0 Å². The van der Waals surface area contributed by atoms with E-state index in [2.05, 4.69) is 87.8 Å². The van der Waals surface area contributed by atoms with Crippen LogP contribution in [0.1, 0.15) is 46.2 Å². The van der Waals surface area contributed by atoms with Crippen LogP contribution in [-0.4, -0.2) is 6.21 Å². The van der Waals surface area contributed by atoms with Crippen LogP contribution in [0.3, 0.4) is 0 Å². The van der Waals surface area contributed by atoms with Gasteiger partial charge in [-0.15, -0.1) is 0 Å². The van der Waals surface area contributed by atoms with Crippen molar-refractivity contribution in [3.8, 4) is 5.75 Å². The molecule has 0 saturated heterocycles. The van der Waals surface area contributed by atoms with Crippen molar-refractivity contribution < 1.29 is 9.13 Å². The van der Waals surface area contributed by atoms with Crippen LogP contribution in [0.25, 0.3) is 0 Å². The van der Waals surface area contributed by atoms with Crippen molar-refractivity contribution in [3.05, 3.63) is 135 Å². The number of benzene rings is 4. The molecule has 0 radical (unpaired) electrons. The summed E-state index contributed by atoms with van der Waals surface area (Å²) in [7, 11) is 0. The molecule has 1 N–H and O–H groups in total. The van der Waals surface area contributed by atoms with Crippen molar-refractivity contribution in [2.75, 3.05) is 5.32 Å². The lowest BCUT2D eigenvalue weighted by molar-refractivity contribution is 0.303. The second kappa shape index (κ2) is 10.6. The number of rotatable bonds is 6. The Morgan fingerprint density at radius 1 is 1.03 bits per heavy atom. The number of ether oxygens (including phenoxy) is 1. The highest BCUT2D eigenvalue weighted by Crippen LogP contribution is 2.50. The average molecular weight is 568 g/mol. The van der Waals surface area contributed by atoms with Crippen LogP contribution in [0, 0.1) is 18.7 Å². The van der Waals surface area contributed by atoms with E-state index in [0.717, 1.165) is 27.7 Å². The highest BCUT2D eigenvalue weighted by atomic mass is 79.9. The van der Waals surface area contributed by atoms with Crippen molar-refractivity contribution in [1.82, 2.24) is 0 Å². The SMILES string of the molecule is Cc1ccc2c(c1)[C@@H]1C=CC[C@@H]1[C@@H](c1ccc(N=Cc3ccc(OCc4cccc(F)c4)c(Br)c3)cc1)N2. The van der Waals surface area contributed by atoms with Crippen molar-refractivity contribution in [2.24, 2.45) is 10.9 Å². The zero-order valence-corrected chi connectivity index (χ0v) is 22.7. The summed E-state index contributed by atoms with van der Waals surface area (Å²) in [4.78, 5) is 4.69. The summed E-state index contributed by atoms with van der Waals surface area (Å²) in [6.45, 7) is 2.46. The predicted molar refractivity (Wildman–Crippen MR) is 156 cm³/mol. The number of hydrogen-bond acceptors (Lipinski definition) is 3. The molecule has 0 bridgehead atoms. The molecule has 0 unspecified atom stereocenters. The zero-order valence-electron chi connectivity index (χ0n) is 21.1. The van der Waals surface area contributed by atoms with E-state index in [-0.39, 0.29) is 11.9 Å². The number of nitrogens with zero attached hydrogens (tertiary/aromatic N) is 1. The van der Waals surface area contributed by atoms with Gasteiger partial charge in [-0.25, -0.2) is 4.39 Å². The number of halogens is 2. The summed E-state index contributed by atoms with van der Waals surface area (Å²) >= 11 is 3.58. The molecule has 1 heterocycles. The Bertz CT molecular complexity index is 1530. The molecule has 0 fully saturated rings. The quantitative estimate of drug-likeness (QED) is 0.186. The summed E-state index contributed by atoms with van der Waals surface area (Å²) < 4.78 is 20.1. The molecule has 2 aliphatic rings. The molecule has 38 heavy (non-hydrogen) atoms. The Hall–Kier alpha value is -3.70. The predicted octanol–water partition coefficient (Wildman–Crippen LogP) is 9.05. The first-order valence-electron chi connectivity index (χ1n) is 12.9. The molecule has 1 aliphatic carbocycles. The molecule has 0 saturated carbocycles. The highest BCUT2D eigenvalue weighted by molar-refractivity contribution is 9.10. The third-order valence-corrected chi connectivity index (χ3v) is 7.99. The fraction of sp³-hybridized carbons (Fsp3) is 0.182. The standard InChI is InChI=1S/C33H28BrFN2O/c1-21-8-14-31-29(16-21)27-6-3-7-28(27)33(37-31)24-10-12-26(13-11-24)36-19-22-9-15-32(30(34)18-22)38-20-23-4-2-5-25(35)17-23/h2-6,8-19,27-28,33,37H,7,20H2,1H3/t27-,28+,33-/m1/s1. The molecule has 4 aromatic carbocycles.